The van der Waals surface area contributed by atoms with Gasteiger partial charge in [0.25, 0.3) is 0 Å². The minimum atomic E-state index is -0.877. The third kappa shape index (κ3) is 2.36. The summed E-state index contributed by atoms with van der Waals surface area (Å²) in [6, 6.07) is 5.85. The molecule has 6 heteroatoms. The van der Waals surface area contributed by atoms with Crippen LogP contribution in [-0.2, 0) is 21.8 Å². The highest BCUT2D eigenvalue weighted by atomic mass is 35.5. The van der Waals surface area contributed by atoms with E-state index in [-0.39, 0.29) is 0 Å². The molecule has 0 atom stereocenters. The van der Waals surface area contributed by atoms with Crippen molar-refractivity contribution in [2.75, 3.05) is 13.2 Å². The average Bonchev–Trinajstić information content (AvgIpc) is 3.02. The Morgan fingerprint density at radius 1 is 1.37 bits per heavy atom. The predicted molar refractivity (Wildman–Crippen MR) is 69.8 cm³/mol. The second kappa shape index (κ2) is 4.92. The van der Waals surface area contributed by atoms with Crippen molar-refractivity contribution in [1.82, 2.24) is 14.8 Å². The molecular weight excluding hydrogens is 266 g/mol. The highest BCUT2D eigenvalue weighted by molar-refractivity contribution is 6.31. The number of halogens is 1. The fourth-order valence-corrected chi connectivity index (χ4v) is 2.62. The van der Waals surface area contributed by atoms with Crippen molar-refractivity contribution in [3.63, 3.8) is 0 Å². The van der Waals surface area contributed by atoms with Gasteiger partial charge in [-0.3, -0.25) is 0 Å². The van der Waals surface area contributed by atoms with Crippen molar-refractivity contribution in [3.05, 3.63) is 47.0 Å². The number of ether oxygens (including phenoxy) is 2. The number of aryl methyl sites for hydroxylation is 1. The summed E-state index contributed by atoms with van der Waals surface area (Å²) in [6.45, 7) is 3.50. The zero-order chi connectivity index (χ0) is 13.3. The molecule has 1 aliphatic heterocycles. The van der Waals surface area contributed by atoms with E-state index in [1.165, 1.54) is 6.33 Å². The third-order valence-corrected chi connectivity index (χ3v) is 3.44. The van der Waals surface area contributed by atoms with Crippen molar-refractivity contribution in [2.24, 2.45) is 0 Å². The zero-order valence-electron chi connectivity index (χ0n) is 10.5. The van der Waals surface area contributed by atoms with Crippen molar-refractivity contribution < 1.29 is 9.47 Å². The van der Waals surface area contributed by atoms with Gasteiger partial charge >= 0.3 is 0 Å². The summed E-state index contributed by atoms with van der Waals surface area (Å²) in [5.74, 6) is -0.877. The van der Waals surface area contributed by atoms with Crippen LogP contribution < -0.4 is 0 Å². The number of hydrogen-bond donors (Lipinski definition) is 0. The summed E-state index contributed by atoms with van der Waals surface area (Å²) in [7, 11) is 0. The van der Waals surface area contributed by atoms with Crippen LogP contribution in [0.4, 0.5) is 0 Å². The topological polar surface area (TPSA) is 49.2 Å². The van der Waals surface area contributed by atoms with E-state index in [0.29, 0.717) is 24.8 Å². The first-order chi connectivity index (χ1) is 9.20. The van der Waals surface area contributed by atoms with Gasteiger partial charge in [0.15, 0.2) is 0 Å². The van der Waals surface area contributed by atoms with Crippen molar-refractivity contribution >= 4 is 11.6 Å². The number of benzene rings is 1. The van der Waals surface area contributed by atoms with E-state index in [9.17, 15) is 0 Å². The lowest BCUT2D eigenvalue weighted by molar-refractivity contribution is -0.177. The summed E-state index contributed by atoms with van der Waals surface area (Å²) >= 11 is 6.33. The molecule has 0 aliphatic carbocycles. The van der Waals surface area contributed by atoms with Gasteiger partial charge in [0.1, 0.15) is 19.2 Å². The van der Waals surface area contributed by atoms with Gasteiger partial charge in [-0.05, 0) is 18.6 Å². The van der Waals surface area contributed by atoms with E-state index in [1.54, 1.807) is 11.0 Å². The summed E-state index contributed by atoms with van der Waals surface area (Å²) in [5, 5.41) is 4.74. The lowest BCUT2D eigenvalue weighted by Gasteiger charge is -2.28. The molecule has 2 heterocycles. The van der Waals surface area contributed by atoms with Crippen LogP contribution in [0.3, 0.4) is 0 Å². The molecule has 0 spiro atoms. The zero-order valence-corrected chi connectivity index (χ0v) is 11.3. The van der Waals surface area contributed by atoms with Gasteiger partial charge in [-0.1, -0.05) is 23.7 Å². The average molecular weight is 280 g/mol. The normalized spacial score (nSPS) is 17.8. The van der Waals surface area contributed by atoms with Crippen LogP contribution in [0.25, 0.3) is 0 Å². The molecule has 1 aromatic heterocycles. The summed E-state index contributed by atoms with van der Waals surface area (Å²) in [5.41, 5.74) is 1.93. The first-order valence-electron chi connectivity index (χ1n) is 6.07. The van der Waals surface area contributed by atoms with E-state index in [4.69, 9.17) is 21.1 Å². The maximum atomic E-state index is 6.33. The molecule has 0 radical (unpaired) electrons. The molecule has 1 saturated heterocycles. The maximum absolute atomic E-state index is 6.33. The minimum absolute atomic E-state index is 0.426. The first kappa shape index (κ1) is 12.6. The summed E-state index contributed by atoms with van der Waals surface area (Å²) < 4.78 is 13.3. The molecule has 1 aliphatic rings. The lowest BCUT2D eigenvalue weighted by atomic mass is 10.0. The van der Waals surface area contributed by atoms with Crippen LogP contribution in [0.2, 0.25) is 5.02 Å². The first-order valence-corrected chi connectivity index (χ1v) is 6.44. The van der Waals surface area contributed by atoms with Crippen LogP contribution in [0, 0.1) is 6.92 Å². The Morgan fingerprint density at radius 3 is 2.79 bits per heavy atom. The molecular formula is C13H14ClN3O2. The Labute approximate surface area is 116 Å². The Bertz CT molecular complexity index is 565. The molecule has 1 aromatic carbocycles. The van der Waals surface area contributed by atoms with E-state index in [0.717, 1.165) is 11.1 Å². The molecule has 0 unspecified atom stereocenters. The Morgan fingerprint density at radius 2 is 2.16 bits per heavy atom. The second-order valence-electron chi connectivity index (χ2n) is 4.53. The van der Waals surface area contributed by atoms with Gasteiger partial charge in [0, 0.05) is 10.6 Å². The SMILES string of the molecule is Cc1ccc(C2(Cn3cncn3)OCCO2)c(Cl)c1. The summed E-state index contributed by atoms with van der Waals surface area (Å²) in [6.07, 6.45) is 3.12. The lowest BCUT2D eigenvalue weighted by Crippen LogP contribution is -2.33. The minimum Gasteiger partial charge on any atom is -0.342 e. The molecule has 5 nitrogen and oxygen atoms in total. The van der Waals surface area contributed by atoms with E-state index >= 15 is 0 Å². The van der Waals surface area contributed by atoms with Crippen molar-refractivity contribution in [3.8, 4) is 0 Å². The number of aromatic nitrogens is 3. The monoisotopic (exact) mass is 279 g/mol. The van der Waals surface area contributed by atoms with Crippen LogP contribution in [0.5, 0.6) is 0 Å². The molecule has 0 N–H and O–H groups in total. The van der Waals surface area contributed by atoms with Crippen LogP contribution in [-0.4, -0.2) is 28.0 Å². The quantitative estimate of drug-likeness (QED) is 0.864. The van der Waals surface area contributed by atoms with Crippen LogP contribution in [0.1, 0.15) is 11.1 Å². The van der Waals surface area contributed by atoms with Crippen molar-refractivity contribution in [2.45, 2.75) is 19.3 Å². The second-order valence-corrected chi connectivity index (χ2v) is 4.93. The molecule has 19 heavy (non-hydrogen) atoms. The maximum Gasteiger partial charge on any atom is 0.216 e. The Kier molecular flexibility index (Phi) is 3.26. The molecule has 3 rings (SSSR count). The number of nitrogens with zero attached hydrogens (tertiary/aromatic N) is 3. The molecule has 0 amide bonds. The van der Waals surface area contributed by atoms with Gasteiger partial charge in [-0.2, -0.15) is 5.10 Å². The third-order valence-electron chi connectivity index (χ3n) is 3.13. The highest BCUT2D eigenvalue weighted by Gasteiger charge is 2.41. The van der Waals surface area contributed by atoms with Gasteiger partial charge in [0.2, 0.25) is 5.79 Å². The van der Waals surface area contributed by atoms with E-state index < -0.39 is 5.79 Å². The molecule has 0 saturated carbocycles. The molecule has 2 aromatic rings. The van der Waals surface area contributed by atoms with Crippen LogP contribution in [0.15, 0.2) is 30.9 Å². The van der Waals surface area contributed by atoms with Gasteiger partial charge in [0.05, 0.1) is 13.2 Å². The van der Waals surface area contributed by atoms with Gasteiger partial charge < -0.3 is 9.47 Å². The molecule has 0 bridgehead atoms. The number of hydrogen-bond acceptors (Lipinski definition) is 4. The Hall–Kier alpha value is -1.43. The van der Waals surface area contributed by atoms with Crippen molar-refractivity contribution in [1.29, 1.82) is 0 Å². The van der Waals surface area contributed by atoms with Gasteiger partial charge in [-0.15, -0.1) is 0 Å². The largest absolute Gasteiger partial charge is 0.342 e. The summed E-state index contributed by atoms with van der Waals surface area (Å²) in [4.78, 5) is 3.93. The fraction of sp³-hybridized carbons (Fsp3) is 0.385. The smallest absolute Gasteiger partial charge is 0.216 e. The highest BCUT2D eigenvalue weighted by Crippen LogP contribution is 2.37. The van der Waals surface area contributed by atoms with E-state index in [2.05, 4.69) is 10.1 Å². The predicted octanol–water partition coefficient (Wildman–Crippen LogP) is 2.14. The van der Waals surface area contributed by atoms with Gasteiger partial charge in [-0.25, -0.2) is 9.67 Å². The molecule has 1 fully saturated rings. The standard InChI is InChI=1S/C13H14ClN3O2/c1-10-2-3-11(12(14)6-10)13(18-4-5-19-13)7-17-9-15-8-16-17/h2-3,6,8-9H,4-5,7H2,1H3. The van der Waals surface area contributed by atoms with Crippen LogP contribution >= 0.6 is 11.6 Å². The Balaban J connectivity index is 2.00. The van der Waals surface area contributed by atoms with E-state index in [1.807, 2.05) is 25.1 Å². The molecule has 100 valence electrons. The fourth-order valence-electron chi connectivity index (χ4n) is 2.24. The number of rotatable bonds is 3.